The highest BCUT2D eigenvalue weighted by Crippen LogP contribution is 2.16. The summed E-state index contributed by atoms with van der Waals surface area (Å²) in [5.41, 5.74) is 2.38. The Bertz CT molecular complexity index is 520. The molecule has 0 amide bonds. The second kappa shape index (κ2) is 5.55. The minimum atomic E-state index is 0.632. The standard InChI is InChI=1S/C15H20N4/c1-16-13-8-10-18(11-13)12-15-7-9-17-19(15)14-5-3-2-4-6-14/h2-7,9,13,16H,8,10-12H2,1H3. The molecule has 1 saturated heterocycles. The van der Waals surface area contributed by atoms with Gasteiger partial charge in [-0.05, 0) is 31.7 Å². The fraction of sp³-hybridized carbons (Fsp3) is 0.400. The van der Waals surface area contributed by atoms with Crippen LogP contribution in [0, 0.1) is 0 Å². The first-order valence-corrected chi connectivity index (χ1v) is 6.85. The van der Waals surface area contributed by atoms with E-state index in [9.17, 15) is 0 Å². The van der Waals surface area contributed by atoms with Gasteiger partial charge in [-0.3, -0.25) is 4.90 Å². The third-order valence-corrected chi connectivity index (χ3v) is 3.79. The average molecular weight is 256 g/mol. The molecule has 100 valence electrons. The van der Waals surface area contributed by atoms with Crippen molar-refractivity contribution in [3.05, 3.63) is 48.3 Å². The number of likely N-dealkylation sites (N-methyl/N-ethyl adjacent to an activating group) is 1. The number of hydrogen-bond acceptors (Lipinski definition) is 3. The van der Waals surface area contributed by atoms with Gasteiger partial charge in [-0.2, -0.15) is 5.10 Å². The molecule has 1 aromatic heterocycles. The molecule has 1 fully saturated rings. The third kappa shape index (κ3) is 2.69. The maximum atomic E-state index is 4.44. The van der Waals surface area contributed by atoms with Crippen molar-refractivity contribution >= 4 is 0 Å². The summed E-state index contributed by atoms with van der Waals surface area (Å²) >= 11 is 0. The predicted octanol–water partition coefficient (Wildman–Crippen LogP) is 1.67. The quantitative estimate of drug-likeness (QED) is 0.903. The fourth-order valence-corrected chi connectivity index (χ4v) is 2.69. The van der Waals surface area contributed by atoms with Gasteiger partial charge in [-0.15, -0.1) is 0 Å². The Morgan fingerprint density at radius 3 is 2.84 bits per heavy atom. The summed E-state index contributed by atoms with van der Waals surface area (Å²) in [6.07, 6.45) is 3.12. The van der Waals surface area contributed by atoms with Gasteiger partial charge in [0.2, 0.25) is 0 Å². The molecule has 1 atom stereocenters. The Balaban J connectivity index is 1.75. The summed E-state index contributed by atoms with van der Waals surface area (Å²) in [7, 11) is 2.04. The number of nitrogens with zero attached hydrogens (tertiary/aromatic N) is 3. The molecule has 19 heavy (non-hydrogen) atoms. The Hall–Kier alpha value is -1.65. The van der Waals surface area contributed by atoms with Crippen LogP contribution < -0.4 is 5.32 Å². The van der Waals surface area contributed by atoms with Crippen LogP contribution in [0.2, 0.25) is 0 Å². The number of benzene rings is 1. The second-order valence-corrected chi connectivity index (χ2v) is 5.08. The monoisotopic (exact) mass is 256 g/mol. The molecule has 0 radical (unpaired) electrons. The smallest absolute Gasteiger partial charge is 0.0649 e. The zero-order chi connectivity index (χ0) is 13.1. The van der Waals surface area contributed by atoms with E-state index in [0.29, 0.717) is 6.04 Å². The molecule has 1 N–H and O–H groups in total. The molecule has 2 aromatic rings. The molecule has 1 unspecified atom stereocenters. The SMILES string of the molecule is CNC1CCN(Cc2ccnn2-c2ccccc2)C1. The van der Waals surface area contributed by atoms with Crippen molar-refractivity contribution in [2.24, 2.45) is 0 Å². The third-order valence-electron chi connectivity index (χ3n) is 3.79. The van der Waals surface area contributed by atoms with Crippen LogP contribution in [0.3, 0.4) is 0 Å². The molecule has 1 aliphatic rings. The number of para-hydroxylation sites is 1. The minimum absolute atomic E-state index is 0.632. The van der Waals surface area contributed by atoms with Crippen LogP contribution in [-0.4, -0.2) is 40.9 Å². The van der Waals surface area contributed by atoms with Crippen molar-refractivity contribution < 1.29 is 0 Å². The van der Waals surface area contributed by atoms with Crippen molar-refractivity contribution in [2.45, 2.75) is 19.0 Å². The molecule has 0 aliphatic carbocycles. The van der Waals surface area contributed by atoms with Crippen molar-refractivity contribution in [3.63, 3.8) is 0 Å². The molecule has 0 saturated carbocycles. The Kier molecular flexibility index (Phi) is 3.62. The van der Waals surface area contributed by atoms with Gasteiger partial charge >= 0.3 is 0 Å². The lowest BCUT2D eigenvalue weighted by Gasteiger charge is -2.16. The van der Waals surface area contributed by atoms with E-state index < -0.39 is 0 Å². The molecule has 0 bridgehead atoms. The van der Waals surface area contributed by atoms with Crippen LogP contribution in [0.5, 0.6) is 0 Å². The lowest BCUT2D eigenvalue weighted by Crippen LogP contribution is -2.29. The number of rotatable bonds is 4. The number of likely N-dealkylation sites (tertiary alicyclic amines) is 1. The van der Waals surface area contributed by atoms with E-state index in [2.05, 4.69) is 33.5 Å². The van der Waals surface area contributed by atoms with Crippen molar-refractivity contribution in [1.29, 1.82) is 0 Å². The highest BCUT2D eigenvalue weighted by Gasteiger charge is 2.21. The largest absolute Gasteiger partial charge is 0.316 e. The highest BCUT2D eigenvalue weighted by molar-refractivity contribution is 5.32. The first-order chi connectivity index (χ1) is 9.36. The normalized spacial score (nSPS) is 19.9. The van der Waals surface area contributed by atoms with Crippen LogP contribution in [-0.2, 0) is 6.54 Å². The van der Waals surface area contributed by atoms with Gasteiger partial charge in [0, 0.05) is 31.9 Å². The molecule has 3 rings (SSSR count). The molecule has 1 aromatic carbocycles. The van der Waals surface area contributed by atoms with Gasteiger partial charge in [-0.1, -0.05) is 18.2 Å². The Morgan fingerprint density at radius 1 is 1.26 bits per heavy atom. The summed E-state index contributed by atoms with van der Waals surface area (Å²) in [4.78, 5) is 2.48. The second-order valence-electron chi connectivity index (χ2n) is 5.08. The van der Waals surface area contributed by atoms with Crippen molar-refractivity contribution in [1.82, 2.24) is 20.0 Å². The topological polar surface area (TPSA) is 33.1 Å². The van der Waals surface area contributed by atoms with Crippen LogP contribution in [0.25, 0.3) is 5.69 Å². The van der Waals surface area contributed by atoms with Gasteiger partial charge in [0.15, 0.2) is 0 Å². The lowest BCUT2D eigenvalue weighted by atomic mass is 10.3. The highest BCUT2D eigenvalue weighted by atomic mass is 15.3. The number of aromatic nitrogens is 2. The summed E-state index contributed by atoms with van der Waals surface area (Å²) in [6, 6.07) is 13.1. The lowest BCUT2D eigenvalue weighted by molar-refractivity contribution is 0.315. The van der Waals surface area contributed by atoms with Crippen LogP contribution >= 0.6 is 0 Å². The van der Waals surface area contributed by atoms with E-state index in [1.54, 1.807) is 0 Å². The van der Waals surface area contributed by atoms with Gasteiger partial charge in [-0.25, -0.2) is 4.68 Å². The summed E-state index contributed by atoms with van der Waals surface area (Å²) in [5, 5.41) is 7.80. The maximum Gasteiger partial charge on any atom is 0.0649 e. The zero-order valence-electron chi connectivity index (χ0n) is 11.3. The first kappa shape index (κ1) is 12.4. The van der Waals surface area contributed by atoms with Gasteiger partial charge in [0.25, 0.3) is 0 Å². The van der Waals surface area contributed by atoms with E-state index in [1.807, 2.05) is 36.1 Å². The van der Waals surface area contributed by atoms with Gasteiger partial charge < -0.3 is 5.32 Å². The van der Waals surface area contributed by atoms with Gasteiger partial charge in [0.1, 0.15) is 0 Å². The molecule has 0 spiro atoms. The van der Waals surface area contributed by atoms with E-state index in [1.165, 1.54) is 12.1 Å². The van der Waals surface area contributed by atoms with Crippen molar-refractivity contribution in [2.75, 3.05) is 20.1 Å². The summed E-state index contributed by atoms with van der Waals surface area (Å²) < 4.78 is 2.03. The number of nitrogens with one attached hydrogen (secondary N) is 1. The molecule has 2 heterocycles. The average Bonchev–Trinajstić information content (AvgIpc) is 3.09. The summed E-state index contributed by atoms with van der Waals surface area (Å²) in [6.45, 7) is 3.25. The molecule has 4 heteroatoms. The predicted molar refractivity (Wildman–Crippen MR) is 76.3 cm³/mol. The molecule has 4 nitrogen and oxygen atoms in total. The molecular weight excluding hydrogens is 236 g/mol. The minimum Gasteiger partial charge on any atom is -0.316 e. The van der Waals surface area contributed by atoms with Crippen molar-refractivity contribution in [3.8, 4) is 5.69 Å². The zero-order valence-corrected chi connectivity index (χ0v) is 11.3. The molecule has 1 aliphatic heterocycles. The van der Waals surface area contributed by atoms with Crippen LogP contribution in [0.1, 0.15) is 12.1 Å². The van der Waals surface area contributed by atoms with E-state index in [-0.39, 0.29) is 0 Å². The number of hydrogen-bond donors (Lipinski definition) is 1. The Labute approximate surface area is 114 Å². The van der Waals surface area contributed by atoms with E-state index in [0.717, 1.165) is 25.3 Å². The van der Waals surface area contributed by atoms with E-state index in [4.69, 9.17) is 0 Å². The first-order valence-electron chi connectivity index (χ1n) is 6.85. The van der Waals surface area contributed by atoms with E-state index >= 15 is 0 Å². The maximum absolute atomic E-state index is 4.44. The van der Waals surface area contributed by atoms with Gasteiger partial charge in [0.05, 0.1) is 11.4 Å². The molecular formula is C15H20N4. The fourth-order valence-electron chi connectivity index (χ4n) is 2.69. The summed E-state index contributed by atoms with van der Waals surface area (Å²) in [5.74, 6) is 0. The van der Waals surface area contributed by atoms with Crippen LogP contribution in [0.15, 0.2) is 42.6 Å². The Morgan fingerprint density at radius 2 is 2.11 bits per heavy atom. The van der Waals surface area contributed by atoms with Crippen LogP contribution in [0.4, 0.5) is 0 Å².